The van der Waals surface area contributed by atoms with Gasteiger partial charge >= 0.3 is 214 Å². The molecule has 94 heavy (non-hydrogen) atoms. The molecule has 7 saturated heterocycles. The van der Waals surface area contributed by atoms with E-state index < -0.39 is 0 Å². The Morgan fingerprint density at radius 1 is 0.330 bits per heavy atom. The first-order valence-electron chi connectivity index (χ1n) is 23.4. The number of aliphatic hydroxyl groups excluding tert-OH is 3. The molecule has 7 radical (unpaired) electrons. The van der Waals surface area contributed by atoms with Crippen LogP contribution in [0.3, 0.4) is 0 Å². The maximum absolute atomic E-state index is 9.78. The van der Waals surface area contributed by atoms with Gasteiger partial charge in [0.25, 0.3) is 0 Å². The third kappa shape index (κ3) is 284. The van der Waals surface area contributed by atoms with Gasteiger partial charge in [0.2, 0.25) is 0 Å². The van der Waals surface area contributed by atoms with E-state index in [0.717, 1.165) is 77.5 Å². The Labute approximate surface area is 767 Å². The second-order valence-corrected chi connectivity index (χ2v) is 13.2. The van der Waals surface area contributed by atoms with Gasteiger partial charge < -0.3 is 168 Å². The van der Waals surface area contributed by atoms with Gasteiger partial charge in [-0.25, -0.2) is 0 Å². The van der Waals surface area contributed by atoms with Gasteiger partial charge in [-0.1, -0.05) is 92.5 Å². The molecule has 3 unspecified atom stereocenters. The van der Waals surface area contributed by atoms with Crippen molar-refractivity contribution in [2.24, 2.45) is 0 Å². The minimum absolute atomic E-state index is 0. The average molecular weight is 2850 g/mol. The quantitative estimate of drug-likeness (QED) is 0.0943. The van der Waals surface area contributed by atoms with Crippen LogP contribution in [0, 0.1) is 68.1 Å². The van der Waals surface area contributed by atoms with Crippen molar-refractivity contribution in [3.63, 3.8) is 0 Å². The van der Waals surface area contributed by atoms with Crippen LogP contribution in [0.25, 0.3) is 45.9 Å². The third-order valence-corrected chi connectivity index (χ3v) is 6.72. The second kappa shape index (κ2) is 273. The summed E-state index contributed by atoms with van der Waals surface area (Å²) >= 11 is 0. The standard InChI is InChI=1S/4C5H7NO.3C4H8N.3CH6NP.8CH4N.3CHO2.3CH3.7V.7W/c4*7-5-6-3-1-2-4-6;3*1-2-4-5-3-1;3*1-2-3;8*1-2;3*2-1-3;;;;;;;;;;;;;;;;;/h4*3H,1-2,4H2;3*3,5H,1-2,4H2;3*2H,3H2,1H3;8*2H,1H3;3*(H,2,3);3*1H3;;;;;;;;;;;;;;/q4*-2;3*-1;;;;14*-1;7*+2;;;;4*+2. The van der Waals surface area contributed by atoms with E-state index in [0.29, 0.717) is 19.4 Å². The Bertz CT molecular complexity index is 806. The molecular weight excluding hydrogens is 2740 g/mol. The molecule has 7 heterocycles. The maximum atomic E-state index is 9.78. The molecule has 28 nitrogen and oxygen atoms in total. The summed E-state index contributed by atoms with van der Waals surface area (Å²) in [5, 5.41) is 37.6. The third-order valence-electron chi connectivity index (χ3n) is 6.72. The summed E-state index contributed by atoms with van der Waals surface area (Å²) in [5.41, 5.74) is 46.0. The van der Waals surface area contributed by atoms with E-state index >= 15 is 0 Å². The number of nitrogens with zero attached hydrogens (tertiary/aromatic N) is 4. The average Bonchev–Trinajstić information content (AvgIpc) is 4.36. The van der Waals surface area contributed by atoms with Crippen LogP contribution in [0.4, 0.5) is 0 Å². The fourth-order valence-electron chi connectivity index (χ4n) is 4.26. The van der Waals surface area contributed by atoms with Crippen molar-refractivity contribution in [2.75, 3.05) is 123 Å². The zero-order valence-electron chi connectivity index (χ0n) is 57.1. The summed E-state index contributed by atoms with van der Waals surface area (Å²) in [6.45, 7) is 22.3. The normalized spacial score (nSPS) is 11.3. The van der Waals surface area contributed by atoms with Crippen molar-refractivity contribution in [1.82, 2.24) is 50.8 Å². The van der Waals surface area contributed by atoms with Crippen molar-refractivity contribution in [1.29, 1.82) is 0 Å². The van der Waals surface area contributed by atoms with Crippen LogP contribution in [-0.4, -0.2) is 203 Å². The van der Waals surface area contributed by atoms with Gasteiger partial charge in [0.15, 0.2) is 0 Å². The molecule has 3 atom stereocenters. The summed E-state index contributed by atoms with van der Waals surface area (Å²) in [4.78, 5) is 70.0. The van der Waals surface area contributed by atoms with Crippen LogP contribution in [0.15, 0.2) is 0 Å². The Balaban J connectivity index is -0.0000000154. The first-order chi connectivity index (χ1) is 37.7. The van der Waals surface area contributed by atoms with Crippen LogP contribution in [0.2, 0.25) is 0 Å². The van der Waals surface area contributed by atoms with Crippen LogP contribution in [-0.2, 0) is 311 Å². The molecule has 7 fully saturated rings. The van der Waals surface area contributed by atoms with Crippen LogP contribution in [0.1, 0.15) is 89.9 Å². The molecule has 7 rings (SSSR count). The zero-order valence-corrected chi connectivity index (χ0v) is 90.9. The molecule has 17 N–H and O–H groups in total. The molecule has 0 aromatic rings. The molecule has 555 valence electrons. The molecule has 0 aromatic carbocycles. The number of amides is 4. The van der Waals surface area contributed by atoms with Gasteiger partial charge in [-0.3, -0.25) is 45.8 Å². The van der Waals surface area contributed by atoms with Crippen molar-refractivity contribution in [3.05, 3.63) is 114 Å². The Morgan fingerprint density at radius 2 is 0.447 bits per heavy atom. The molecule has 0 aliphatic carbocycles. The van der Waals surface area contributed by atoms with Gasteiger partial charge in [0, 0.05) is 63.2 Å². The minimum atomic E-state index is 0. The van der Waals surface area contributed by atoms with E-state index in [1.54, 1.807) is 45.2 Å². The number of carbonyl (C=O) groups excluding carboxylic acids is 4. The largest absolute Gasteiger partial charge is 2.00 e. The number of hydrogen-bond acceptors (Lipinski definition) is 13. The van der Waals surface area contributed by atoms with Gasteiger partial charge in [0.05, 0.1) is 0 Å². The Morgan fingerprint density at radius 3 is 0.479 bits per heavy atom. The maximum Gasteiger partial charge on any atom is 2.00 e. The number of likely N-dealkylation sites (tertiary alicyclic amines) is 4. The van der Waals surface area contributed by atoms with Gasteiger partial charge in [0.1, 0.15) is 0 Å². The molecule has 7 aliphatic rings. The Hall–Kier alpha value is 5.93. The number of rotatable bonds is 4. The molecule has 45 heteroatoms. The van der Waals surface area contributed by atoms with E-state index in [-0.39, 0.29) is 300 Å². The van der Waals surface area contributed by atoms with Crippen molar-refractivity contribution >= 4 is 73.2 Å². The predicted octanol–water partition coefficient (Wildman–Crippen LogP) is 8.33. The van der Waals surface area contributed by atoms with Crippen molar-refractivity contribution in [3.8, 4) is 0 Å². The predicted molar refractivity (Wildman–Crippen MR) is 351 cm³/mol. The zero-order chi connectivity index (χ0) is 63.3. The molecular formula is C49H114N18O10P3V7W7-3. The molecule has 7 aliphatic heterocycles. The summed E-state index contributed by atoms with van der Waals surface area (Å²) in [6, 6.07) is 0. The fourth-order valence-corrected chi connectivity index (χ4v) is 4.26. The first kappa shape index (κ1) is 206. The molecule has 0 bridgehead atoms. The van der Waals surface area contributed by atoms with E-state index in [1.807, 2.05) is 47.3 Å². The van der Waals surface area contributed by atoms with Gasteiger partial charge in [-0.2, -0.15) is 127 Å². The summed E-state index contributed by atoms with van der Waals surface area (Å²) in [6.07, 6.45) is 23.5. The smallest absolute Gasteiger partial charge is 0.680 e. The monoisotopic (exact) mass is 2850 g/mol. The minimum Gasteiger partial charge on any atom is -0.680 e. The molecule has 0 spiro atoms. The van der Waals surface area contributed by atoms with Crippen LogP contribution in [0.5, 0.6) is 0 Å². The van der Waals surface area contributed by atoms with Crippen molar-refractivity contribution in [2.45, 2.75) is 89.9 Å². The second-order valence-electron chi connectivity index (χ2n) is 11.5. The molecule has 0 aromatic heterocycles. The fraction of sp³-hybridized carbons (Fsp3) is 0.653. The van der Waals surface area contributed by atoms with Crippen molar-refractivity contribution < 1.29 is 326 Å². The first-order valence-corrected chi connectivity index (χ1v) is 25.2. The number of hydrogen-bond donors (Lipinski definition) is 9. The van der Waals surface area contributed by atoms with E-state index in [2.05, 4.69) is 79.0 Å². The van der Waals surface area contributed by atoms with Gasteiger partial charge in [-0.15, -0.1) is 0 Å². The summed E-state index contributed by atoms with van der Waals surface area (Å²) in [5.74, 6) is 0. The van der Waals surface area contributed by atoms with E-state index in [9.17, 15) is 19.2 Å². The SMILES string of the molecule is CNP.CNP.CNP.C[NH-].C[NH-].C[NH-].C[NH-].C[NH-].C[NH-].C[NH-].C[NH-].O=[C-]N1[CH-]CCC1.O=[C-]N1[CH-]CCC1.O=[C-]N1[CH-]CCC1.O=[C-]N1[CH-]CCC1.O=[C-]O.O=[C-]O.O=[C-]O.[CH-]1CCCN1.[CH-]1CCCN1.[CH-]1CCCN1.[CH3-].[CH3-].[CH3-].[V+2].[V+2].[V+2].[V+2].[V+2].[V+2].[V+2].[W+2].[W+2].[W+2].[W+2].[W].[W].[W]. The number of nitrogens with one attached hydrogen (secondary N) is 14. The van der Waals surface area contributed by atoms with Crippen LogP contribution >= 0.6 is 28.2 Å². The van der Waals surface area contributed by atoms with E-state index in [1.165, 1.54) is 115 Å². The summed E-state index contributed by atoms with van der Waals surface area (Å²) in [7, 11) is 22.5. The molecule has 0 saturated carbocycles. The topological polar surface area (TPSA) is 456 Å². The van der Waals surface area contributed by atoms with Crippen LogP contribution < -0.4 is 31.2 Å². The summed E-state index contributed by atoms with van der Waals surface area (Å²) < 4.78 is 0. The Kier molecular flexibility index (Phi) is 598. The molecule has 4 amide bonds. The van der Waals surface area contributed by atoms with Gasteiger partial charge in [-0.05, 0) is 67.0 Å². The van der Waals surface area contributed by atoms with E-state index in [4.69, 9.17) is 75.6 Å².